The lowest BCUT2D eigenvalue weighted by Gasteiger charge is -2.01. The van der Waals surface area contributed by atoms with E-state index in [1.807, 2.05) is 11.4 Å². The van der Waals surface area contributed by atoms with Crippen LogP contribution >= 0.6 is 11.3 Å². The lowest BCUT2D eigenvalue weighted by atomic mass is 10.2. The summed E-state index contributed by atoms with van der Waals surface area (Å²) in [6, 6.07) is 5.47. The number of thiophene rings is 1. The number of anilines is 1. The third-order valence-electron chi connectivity index (χ3n) is 2.20. The van der Waals surface area contributed by atoms with Crippen molar-refractivity contribution in [2.45, 2.75) is 13.3 Å². The molecular weight excluding hydrogens is 220 g/mol. The quantitative estimate of drug-likeness (QED) is 0.884. The van der Waals surface area contributed by atoms with E-state index in [0.29, 0.717) is 0 Å². The van der Waals surface area contributed by atoms with Crippen LogP contribution in [-0.2, 0) is 6.42 Å². The summed E-state index contributed by atoms with van der Waals surface area (Å²) in [5.41, 5.74) is 1.49. The lowest BCUT2D eigenvalue weighted by molar-refractivity contribution is 0.102. The lowest BCUT2D eigenvalue weighted by Crippen LogP contribution is -2.10. The Labute approximate surface area is 98.2 Å². The molecule has 0 saturated carbocycles. The fourth-order valence-electron chi connectivity index (χ4n) is 1.32. The highest BCUT2D eigenvalue weighted by molar-refractivity contribution is 7.10. The van der Waals surface area contributed by atoms with Crippen LogP contribution in [0.5, 0.6) is 0 Å². The largest absolute Gasteiger partial charge is 0.322 e. The molecule has 1 N–H and O–H groups in total. The Morgan fingerprint density at radius 1 is 1.44 bits per heavy atom. The molecule has 16 heavy (non-hydrogen) atoms. The van der Waals surface area contributed by atoms with Gasteiger partial charge in [-0.1, -0.05) is 6.92 Å². The summed E-state index contributed by atoms with van der Waals surface area (Å²) in [5.74, 6) is -0.0675. The van der Waals surface area contributed by atoms with Gasteiger partial charge in [0.1, 0.15) is 0 Å². The van der Waals surface area contributed by atoms with Crippen LogP contribution < -0.4 is 5.32 Å². The minimum Gasteiger partial charge on any atom is -0.322 e. The molecule has 3 nitrogen and oxygen atoms in total. The van der Waals surface area contributed by atoms with Gasteiger partial charge in [-0.05, 0) is 24.6 Å². The van der Waals surface area contributed by atoms with E-state index in [2.05, 4.69) is 17.2 Å². The Kier molecular flexibility index (Phi) is 3.31. The molecule has 0 saturated heterocycles. The highest BCUT2D eigenvalue weighted by Gasteiger charge is 2.07. The Morgan fingerprint density at radius 2 is 2.19 bits per heavy atom. The van der Waals surface area contributed by atoms with Crippen molar-refractivity contribution in [1.82, 2.24) is 4.98 Å². The maximum Gasteiger partial charge on any atom is 0.256 e. The molecule has 0 atom stereocenters. The minimum atomic E-state index is -0.0675. The summed E-state index contributed by atoms with van der Waals surface area (Å²) < 4.78 is 0. The molecule has 0 aromatic carbocycles. The summed E-state index contributed by atoms with van der Waals surface area (Å²) in [4.78, 5) is 16.9. The van der Waals surface area contributed by atoms with Gasteiger partial charge in [-0.15, -0.1) is 11.3 Å². The highest BCUT2D eigenvalue weighted by Crippen LogP contribution is 2.16. The second-order valence-electron chi connectivity index (χ2n) is 3.35. The minimum absolute atomic E-state index is 0.0675. The number of amides is 1. The molecule has 1 amide bonds. The fourth-order valence-corrected chi connectivity index (χ4v) is 2.14. The molecule has 0 radical (unpaired) electrons. The summed E-state index contributed by atoms with van der Waals surface area (Å²) in [6.45, 7) is 2.08. The number of pyridine rings is 1. The van der Waals surface area contributed by atoms with E-state index in [-0.39, 0.29) is 5.91 Å². The van der Waals surface area contributed by atoms with E-state index in [9.17, 15) is 4.79 Å². The van der Waals surface area contributed by atoms with Gasteiger partial charge in [-0.3, -0.25) is 9.78 Å². The SMILES string of the molecule is CCc1cc(C(=O)Nc2ccncc2)cs1. The van der Waals surface area contributed by atoms with Crippen molar-refractivity contribution in [3.63, 3.8) is 0 Å². The predicted molar refractivity (Wildman–Crippen MR) is 65.9 cm³/mol. The van der Waals surface area contributed by atoms with Gasteiger partial charge >= 0.3 is 0 Å². The number of carbonyl (C=O) groups excluding carboxylic acids is 1. The normalized spacial score (nSPS) is 10.1. The topological polar surface area (TPSA) is 42.0 Å². The molecule has 2 aromatic heterocycles. The zero-order valence-electron chi connectivity index (χ0n) is 8.93. The third-order valence-corrected chi connectivity index (χ3v) is 3.28. The van der Waals surface area contributed by atoms with Gasteiger partial charge in [0.25, 0.3) is 5.91 Å². The number of hydrogen-bond donors (Lipinski definition) is 1. The van der Waals surface area contributed by atoms with Crippen molar-refractivity contribution in [2.75, 3.05) is 5.32 Å². The van der Waals surface area contributed by atoms with E-state index < -0.39 is 0 Å². The van der Waals surface area contributed by atoms with Gasteiger partial charge in [0.05, 0.1) is 5.56 Å². The van der Waals surface area contributed by atoms with Crippen LogP contribution in [0.2, 0.25) is 0 Å². The number of carbonyl (C=O) groups is 1. The first-order chi connectivity index (χ1) is 7.79. The van der Waals surface area contributed by atoms with Crippen LogP contribution in [0, 0.1) is 0 Å². The molecule has 4 heteroatoms. The van der Waals surface area contributed by atoms with Crippen molar-refractivity contribution in [3.8, 4) is 0 Å². The first-order valence-electron chi connectivity index (χ1n) is 5.08. The van der Waals surface area contributed by atoms with Crippen LogP contribution in [0.1, 0.15) is 22.2 Å². The monoisotopic (exact) mass is 232 g/mol. The average molecular weight is 232 g/mol. The van der Waals surface area contributed by atoms with E-state index in [1.165, 1.54) is 4.88 Å². The Morgan fingerprint density at radius 3 is 2.81 bits per heavy atom. The number of nitrogens with one attached hydrogen (secondary N) is 1. The van der Waals surface area contributed by atoms with E-state index in [4.69, 9.17) is 0 Å². The number of aromatic nitrogens is 1. The van der Waals surface area contributed by atoms with Gasteiger partial charge in [0.15, 0.2) is 0 Å². The second kappa shape index (κ2) is 4.90. The van der Waals surface area contributed by atoms with Crippen LogP contribution in [0.3, 0.4) is 0 Å². The molecule has 0 spiro atoms. The molecule has 2 aromatic rings. The van der Waals surface area contributed by atoms with Crippen LogP contribution in [-0.4, -0.2) is 10.9 Å². The molecule has 0 unspecified atom stereocenters. The smallest absolute Gasteiger partial charge is 0.256 e. The second-order valence-corrected chi connectivity index (χ2v) is 4.34. The zero-order chi connectivity index (χ0) is 11.4. The number of hydrogen-bond acceptors (Lipinski definition) is 3. The van der Waals surface area contributed by atoms with Gasteiger partial charge in [-0.25, -0.2) is 0 Å². The van der Waals surface area contributed by atoms with E-state index in [1.54, 1.807) is 35.9 Å². The summed E-state index contributed by atoms with van der Waals surface area (Å²) in [6.07, 6.45) is 4.27. The first kappa shape index (κ1) is 10.8. The average Bonchev–Trinajstić information content (AvgIpc) is 2.79. The maximum atomic E-state index is 11.8. The van der Waals surface area contributed by atoms with Gasteiger partial charge in [0.2, 0.25) is 0 Å². The standard InChI is InChI=1S/C12H12N2OS/c1-2-11-7-9(8-16-11)12(15)14-10-3-5-13-6-4-10/h3-8H,2H2,1H3,(H,13,14,15). The summed E-state index contributed by atoms with van der Waals surface area (Å²) in [5, 5.41) is 4.71. The van der Waals surface area contributed by atoms with Crippen molar-refractivity contribution in [3.05, 3.63) is 46.4 Å². The number of nitrogens with zero attached hydrogens (tertiary/aromatic N) is 1. The van der Waals surface area contributed by atoms with Gasteiger partial charge in [-0.2, -0.15) is 0 Å². The van der Waals surface area contributed by atoms with Crippen molar-refractivity contribution in [2.24, 2.45) is 0 Å². The van der Waals surface area contributed by atoms with Crippen molar-refractivity contribution < 1.29 is 4.79 Å². The van der Waals surface area contributed by atoms with E-state index >= 15 is 0 Å². The molecular formula is C12H12N2OS. The first-order valence-corrected chi connectivity index (χ1v) is 5.96. The van der Waals surface area contributed by atoms with Crippen LogP contribution in [0.15, 0.2) is 36.0 Å². The molecule has 2 rings (SSSR count). The fraction of sp³-hybridized carbons (Fsp3) is 0.167. The van der Waals surface area contributed by atoms with Gasteiger partial charge < -0.3 is 5.32 Å². The molecule has 2 heterocycles. The summed E-state index contributed by atoms with van der Waals surface area (Å²) in [7, 11) is 0. The van der Waals surface area contributed by atoms with Crippen LogP contribution in [0.4, 0.5) is 5.69 Å². The summed E-state index contributed by atoms with van der Waals surface area (Å²) >= 11 is 1.62. The number of rotatable bonds is 3. The highest BCUT2D eigenvalue weighted by atomic mass is 32.1. The maximum absolute atomic E-state index is 11.8. The third kappa shape index (κ3) is 2.46. The van der Waals surface area contributed by atoms with Crippen LogP contribution in [0.25, 0.3) is 0 Å². The Bertz CT molecular complexity index is 479. The molecule has 0 aliphatic carbocycles. The zero-order valence-corrected chi connectivity index (χ0v) is 9.75. The number of aryl methyl sites for hydroxylation is 1. The molecule has 0 aliphatic rings. The molecule has 0 aliphatic heterocycles. The van der Waals surface area contributed by atoms with Gasteiger partial charge in [0, 0.05) is 28.3 Å². The Balaban J connectivity index is 2.09. The molecule has 0 fully saturated rings. The predicted octanol–water partition coefficient (Wildman–Crippen LogP) is 2.96. The van der Waals surface area contributed by atoms with E-state index in [0.717, 1.165) is 17.7 Å². The van der Waals surface area contributed by atoms with Crippen molar-refractivity contribution in [1.29, 1.82) is 0 Å². The molecule has 82 valence electrons. The molecule has 0 bridgehead atoms. The Hall–Kier alpha value is -1.68. The van der Waals surface area contributed by atoms with Crippen molar-refractivity contribution >= 4 is 22.9 Å².